The van der Waals surface area contributed by atoms with Crippen LogP contribution in [0.1, 0.15) is 43.7 Å². The normalized spacial score (nSPS) is 14.8. The van der Waals surface area contributed by atoms with Crippen molar-refractivity contribution in [1.82, 2.24) is 5.32 Å². The second-order valence-electron chi connectivity index (χ2n) is 7.95. The smallest absolute Gasteiger partial charge is 0.248 e. The average molecular weight is 475 g/mol. The van der Waals surface area contributed by atoms with Gasteiger partial charge in [-0.05, 0) is 42.7 Å². The van der Waals surface area contributed by atoms with Crippen LogP contribution in [-0.4, -0.2) is 45.1 Å². The van der Waals surface area contributed by atoms with Crippen LogP contribution >= 0.6 is 11.6 Å². The Morgan fingerprint density at radius 3 is 2.18 bits per heavy atom. The molecular formula is C25H31ClN2O5. The van der Waals surface area contributed by atoms with Crippen molar-refractivity contribution < 1.29 is 23.8 Å². The number of alkyl halides is 1. The van der Waals surface area contributed by atoms with Gasteiger partial charge in [0.1, 0.15) is 29.2 Å². The molecule has 1 aliphatic carbocycles. The zero-order valence-corrected chi connectivity index (χ0v) is 20.1. The molecule has 0 unspecified atom stereocenters. The van der Waals surface area contributed by atoms with Gasteiger partial charge in [0.25, 0.3) is 0 Å². The molecule has 1 fully saturated rings. The molecule has 2 aromatic carbocycles. The van der Waals surface area contributed by atoms with Crippen LogP contribution in [0.25, 0.3) is 0 Å². The van der Waals surface area contributed by atoms with E-state index in [2.05, 4.69) is 5.32 Å². The van der Waals surface area contributed by atoms with Gasteiger partial charge in [0.05, 0.1) is 27.0 Å². The predicted molar refractivity (Wildman–Crippen MR) is 129 cm³/mol. The quantitative estimate of drug-likeness (QED) is 0.542. The first-order chi connectivity index (χ1) is 16.0. The summed E-state index contributed by atoms with van der Waals surface area (Å²) in [6.45, 7) is 0. The number of methoxy groups -OCH3 is 3. The zero-order chi connectivity index (χ0) is 23.8. The van der Waals surface area contributed by atoms with Gasteiger partial charge < -0.3 is 19.5 Å². The summed E-state index contributed by atoms with van der Waals surface area (Å²) < 4.78 is 16.1. The fraction of sp³-hybridized carbons (Fsp3) is 0.440. The van der Waals surface area contributed by atoms with Crippen molar-refractivity contribution in [3.63, 3.8) is 0 Å². The van der Waals surface area contributed by atoms with Gasteiger partial charge in [0, 0.05) is 12.1 Å². The molecule has 0 saturated heterocycles. The molecular weight excluding hydrogens is 444 g/mol. The van der Waals surface area contributed by atoms with Crippen LogP contribution < -0.4 is 24.4 Å². The molecule has 1 N–H and O–H groups in total. The monoisotopic (exact) mass is 474 g/mol. The topological polar surface area (TPSA) is 77.1 Å². The summed E-state index contributed by atoms with van der Waals surface area (Å²) in [5, 5.41) is 3.16. The minimum Gasteiger partial charge on any atom is -0.497 e. The molecule has 33 heavy (non-hydrogen) atoms. The average Bonchev–Trinajstić information content (AvgIpc) is 2.87. The molecule has 7 nitrogen and oxygen atoms in total. The Labute approximate surface area is 200 Å². The number of carbonyl (C=O) groups is 2. The molecule has 1 atom stereocenters. The molecule has 1 saturated carbocycles. The number of nitrogens with one attached hydrogen (secondary N) is 1. The highest BCUT2D eigenvalue weighted by molar-refractivity contribution is 6.30. The van der Waals surface area contributed by atoms with Gasteiger partial charge >= 0.3 is 0 Å². The van der Waals surface area contributed by atoms with E-state index in [1.165, 1.54) is 18.4 Å². The van der Waals surface area contributed by atoms with Crippen LogP contribution in [0.15, 0.2) is 42.5 Å². The predicted octanol–water partition coefficient (Wildman–Crippen LogP) is 4.47. The van der Waals surface area contributed by atoms with Crippen LogP contribution in [0, 0.1) is 0 Å². The Kier molecular flexibility index (Phi) is 8.83. The number of ether oxygens (including phenoxy) is 3. The number of halogens is 1. The number of carbonyl (C=O) groups excluding carboxylic acids is 2. The van der Waals surface area contributed by atoms with E-state index in [0.717, 1.165) is 25.7 Å². The van der Waals surface area contributed by atoms with Crippen molar-refractivity contribution in [2.24, 2.45) is 0 Å². The fourth-order valence-corrected chi connectivity index (χ4v) is 4.33. The Hall–Kier alpha value is -2.93. The highest BCUT2D eigenvalue weighted by Crippen LogP contribution is 2.38. The lowest BCUT2D eigenvalue weighted by Gasteiger charge is -2.34. The lowest BCUT2D eigenvalue weighted by atomic mass is 9.94. The highest BCUT2D eigenvalue weighted by atomic mass is 35.5. The SMILES string of the molecule is COc1ccc([C@@H](C(=O)NC2CCCCC2)N(C(=O)CCl)c2ccc(OC)cc2OC)cc1. The van der Waals surface area contributed by atoms with Gasteiger partial charge in [-0.3, -0.25) is 14.5 Å². The molecule has 0 aliphatic heterocycles. The molecule has 8 heteroatoms. The van der Waals surface area contributed by atoms with Crippen molar-refractivity contribution in [1.29, 1.82) is 0 Å². The van der Waals surface area contributed by atoms with E-state index in [0.29, 0.717) is 28.5 Å². The summed E-state index contributed by atoms with van der Waals surface area (Å²) in [5.74, 6) is 0.655. The van der Waals surface area contributed by atoms with Gasteiger partial charge in [-0.25, -0.2) is 0 Å². The van der Waals surface area contributed by atoms with Crippen LogP contribution in [0.4, 0.5) is 5.69 Å². The van der Waals surface area contributed by atoms with Gasteiger partial charge in [-0.15, -0.1) is 11.6 Å². The lowest BCUT2D eigenvalue weighted by Crippen LogP contribution is -2.47. The van der Waals surface area contributed by atoms with Crippen molar-refractivity contribution in [3.05, 3.63) is 48.0 Å². The first-order valence-corrected chi connectivity index (χ1v) is 11.6. The largest absolute Gasteiger partial charge is 0.497 e. The molecule has 0 spiro atoms. The fourth-order valence-electron chi connectivity index (χ4n) is 4.20. The van der Waals surface area contributed by atoms with Crippen LogP contribution in [0.5, 0.6) is 17.2 Å². The first kappa shape index (κ1) is 24.7. The third-order valence-electron chi connectivity index (χ3n) is 5.92. The number of hydrogen-bond donors (Lipinski definition) is 1. The zero-order valence-electron chi connectivity index (χ0n) is 19.3. The molecule has 0 radical (unpaired) electrons. The van der Waals surface area contributed by atoms with E-state index < -0.39 is 11.9 Å². The van der Waals surface area contributed by atoms with E-state index in [-0.39, 0.29) is 17.8 Å². The Morgan fingerprint density at radius 2 is 1.61 bits per heavy atom. The first-order valence-electron chi connectivity index (χ1n) is 11.1. The van der Waals surface area contributed by atoms with Crippen LogP contribution in [0.2, 0.25) is 0 Å². The number of hydrogen-bond acceptors (Lipinski definition) is 5. The Balaban J connectivity index is 2.08. The summed E-state index contributed by atoms with van der Waals surface area (Å²) >= 11 is 6.02. The summed E-state index contributed by atoms with van der Waals surface area (Å²) in [6, 6.07) is 11.3. The maximum Gasteiger partial charge on any atom is 0.248 e. The molecule has 2 aromatic rings. The second kappa shape index (κ2) is 11.8. The number of benzene rings is 2. The van der Waals surface area contributed by atoms with Crippen molar-refractivity contribution in [2.45, 2.75) is 44.2 Å². The summed E-state index contributed by atoms with van der Waals surface area (Å²) in [6.07, 6.45) is 5.19. The maximum atomic E-state index is 13.7. The minimum absolute atomic E-state index is 0.0812. The van der Waals surface area contributed by atoms with E-state index in [4.69, 9.17) is 25.8 Å². The van der Waals surface area contributed by atoms with E-state index in [1.54, 1.807) is 56.7 Å². The van der Waals surface area contributed by atoms with Crippen molar-refractivity contribution in [3.8, 4) is 17.2 Å². The van der Waals surface area contributed by atoms with E-state index in [9.17, 15) is 9.59 Å². The summed E-state index contributed by atoms with van der Waals surface area (Å²) in [4.78, 5) is 28.3. The van der Waals surface area contributed by atoms with E-state index >= 15 is 0 Å². The molecule has 0 aromatic heterocycles. The molecule has 178 valence electrons. The highest BCUT2D eigenvalue weighted by Gasteiger charge is 2.35. The molecule has 0 bridgehead atoms. The molecule has 0 heterocycles. The van der Waals surface area contributed by atoms with E-state index in [1.807, 2.05) is 0 Å². The standard InChI is InChI=1S/C25H31ClN2O5/c1-31-19-11-9-17(10-12-19)24(25(30)27-18-7-5-4-6-8-18)28(23(29)16-26)21-14-13-20(32-2)15-22(21)33-3/h9-15,18,24H,4-8,16H2,1-3H3,(H,27,30)/t24-/m0/s1. The minimum atomic E-state index is -0.939. The van der Waals surface area contributed by atoms with Gasteiger partial charge in [-0.1, -0.05) is 31.4 Å². The maximum absolute atomic E-state index is 13.7. The van der Waals surface area contributed by atoms with Gasteiger partial charge in [-0.2, -0.15) is 0 Å². The summed E-state index contributed by atoms with van der Waals surface area (Å²) in [5.41, 5.74) is 1.07. The van der Waals surface area contributed by atoms with Gasteiger partial charge in [0.2, 0.25) is 11.8 Å². The van der Waals surface area contributed by atoms with Crippen molar-refractivity contribution in [2.75, 3.05) is 32.1 Å². The Bertz CT molecular complexity index is 944. The number of nitrogens with zero attached hydrogens (tertiary/aromatic N) is 1. The van der Waals surface area contributed by atoms with Crippen molar-refractivity contribution >= 4 is 29.1 Å². The Morgan fingerprint density at radius 1 is 0.970 bits per heavy atom. The number of anilines is 1. The third-order valence-corrected chi connectivity index (χ3v) is 6.15. The second-order valence-corrected chi connectivity index (χ2v) is 8.22. The lowest BCUT2D eigenvalue weighted by molar-refractivity contribution is -0.126. The molecule has 2 amide bonds. The number of amides is 2. The third kappa shape index (κ3) is 5.90. The van der Waals surface area contributed by atoms with Crippen LogP contribution in [0.3, 0.4) is 0 Å². The van der Waals surface area contributed by atoms with Crippen LogP contribution in [-0.2, 0) is 9.59 Å². The molecule has 3 rings (SSSR count). The number of rotatable bonds is 9. The van der Waals surface area contributed by atoms with Gasteiger partial charge in [0.15, 0.2) is 0 Å². The molecule has 1 aliphatic rings. The summed E-state index contributed by atoms with van der Waals surface area (Å²) in [7, 11) is 4.63.